The van der Waals surface area contributed by atoms with Gasteiger partial charge in [-0.05, 0) is 28.5 Å². The molecule has 140 valence electrons. The Balaban J connectivity index is 1.62. The summed E-state index contributed by atoms with van der Waals surface area (Å²) in [6.07, 6.45) is 0. The molecule has 2 aromatic rings. The number of hydrogen-bond donors (Lipinski definition) is 2. The lowest BCUT2D eigenvalue weighted by Gasteiger charge is -2.26. The smallest absolute Gasteiger partial charge is 0.287 e. The average Bonchev–Trinajstić information content (AvgIpc) is 3.12. The van der Waals surface area contributed by atoms with Gasteiger partial charge < -0.3 is 20.0 Å². The predicted molar refractivity (Wildman–Crippen MR) is 90.4 cm³/mol. The van der Waals surface area contributed by atoms with E-state index in [1.165, 1.54) is 18.2 Å². The highest BCUT2D eigenvalue weighted by atomic mass is 35.5. The summed E-state index contributed by atoms with van der Waals surface area (Å²) >= 11 is 5.74. The lowest BCUT2D eigenvalue weighted by Crippen LogP contribution is -2.38. The number of amidine groups is 1. The van der Waals surface area contributed by atoms with Gasteiger partial charge in [-0.3, -0.25) is 4.90 Å². The van der Waals surface area contributed by atoms with E-state index < -0.39 is 5.82 Å². The number of oxime groups is 1. The summed E-state index contributed by atoms with van der Waals surface area (Å²) in [5.74, 6) is -0.558. The number of nitrogens with one attached hydrogen (secondary N) is 1. The molecular weight excluding hydrogens is 369 g/mol. The second kappa shape index (κ2) is 8.79. The molecule has 0 spiro atoms. The fourth-order valence-corrected chi connectivity index (χ4v) is 2.54. The summed E-state index contributed by atoms with van der Waals surface area (Å²) in [6.45, 7) is 4.10. The van der Waals surface area contributed by atoms with E-state index in [4.69, 9.17) is 21.1 Å². The molecule has 0 saturated carbocycles. The predicted octanol–water partition coefficient (Wildman–Crippen LogP) is 1.82. The maximum Gasteiger partial charge on any atom is 0.287 e. The van der Waals surface area contributed by atoms with Gasteiger partial charge in [0.1, 0.15) is 12.4 Å². The van der Waals surface area contributed by atoms with Crippen molar-refractivity contribution >= 4 is 23.1 Å². The van der Waals surface area contributed by atoms with Crippen LogP contribution in [0.25, 0.3) is 0 Å². The van der Waals surface area contributed by atoms with E-state index in [1.54, 1.807) is 0 Å². The van der Waals surface area contributed by atoms with E-state index in [2.05, 4.69) is 30.3 Å². The molecule has 26 heavy (non-hydrogen) atoms. The minimum absolute atomic E-state index is 0.0738. The first-order chi connectivity index (χ1) is 12.7. The van der Waals surface area contributed by atoms with Gasteiger partial charge in [-0.25, -0.2) is 9.02 Å². The Kier molecular flexibility index (Phi) is 6.21. The Labute approximate surface area is 153 Å². The van der Waals surface area contributed by atoms with E-state index in [1.807, 2.05) is 0 Å². The lowest BCUT2D eigenvalue weighted by molar-refractivity contribution is 0.0318. The van der Waals surface area contributed by atoms with Crippen LogP contribution in [0, 0.1) is 5.82 Å². The van der Waals surface area contributed by atoms with Crippen molar-refractivity contribution in [3.8, 4) is 5.88 Å². The van der Waals surface area contributed by atoms with Gasteiger partial charge in [0.25, 0.3) is 5.88 Å². The first-order valence-corrected chi connectivity index (χ1v) is 8.25. The van der Waals surface area contributed by atoms with Crippen LogP contribution in [0.4, 0.5) is 10.1 Å². The highest BCUT2D eigenvalue weighted by Gasteiger charge is 2.20. The molecule has 3 rings (SSSR count). The third-order valence-corrected chi connectivity index (χ3v) is 4.00. The Bertz CT molecular complexity index is 766. The van der Waals surface area contributed by atoms with Crippen molar-refractivity contribution in [2.24, 2.45) is 5.16 Å². The van der Waals surface area contributed by atoms with Gasteiger partial charge in [0.15, 0.2) is 0 Å². The normalized spacial score (nSPS) is 15.8. The average molecular weight is 386 g/mol. The maximum absolute atomic E-state index is 13.2. The van der Waals surface area contributed by atoms with Gasteiger partial charge in [0, 0.05) is 25.3 Å². The highest BCUT2D eigenvalue weighted by Crippen LogP contribution is 2.21. The van der Waals surface area contributed by atoms with Gasteiger partial charge >= 0.3 is 0 Å². The number of benzene rings is 1. The number of anilines is 1. The van der Waals surface area contributed by atoms with Crippen molar-refractivity contribution in [2.45, 2.75) is 0 Å². The number of nitrogens with zero attached hydrogens (tertiary/aromatic N) is 4. The fraction of sp³-hybridized carbons (Fsp3) is 0.400. The fourth-order valence-electron chi connectivity index (χ4n) is 2.36. The van der Waals surface area contributed by atoms with Crippen LogP contribution in [0.1, 0.15) is 5.69 Å². The van der Waals surface area contributed by atoms with Gasteiger partial charge in [-0.15, -0.1) is 0 Å². The van der Waals surface area contributed by atoms with Gasteiger partial charge in [-0.1, -0.05) is 16.8 Å². The molecule has 1 aromatic carbocycles. The van der Waals surface area contributed by atoms with Crippen molar-refractivity contribution in [3.05, 3.63) is 34.7 Å². The summed E-state index contributed by atoms with van der Waals surface area (Å²) < 4.78 is 28.8. The molecule has 11 heteroatoms. The first kappa shape index (κ1) is 18.4. The SMILES string of the molecule is O/N=C(/Nc1ccc(F)c(Cl)c1)c1nonc1OCCN1CCOCC1. The molecule has 1 aromatic heterocycles. The molecule has 1 aliphatic heterocycles. The van der Waals surface area contributed by atoms with Crippen LogP contribution < -0.4 is 10.1 Å². The zero-order valence-electron chi connectivity index (χ0n) is 13.7. The minimum Gasteiger partial charge on any atom is -0.472 e. The molecule has 2 heterocycles. The van der Waals surface area contributed by atoms with Crippen LogP contribution in [0.5, 0.6) is 5.88 Å². The first-order valence-electron chi connectivity index (χ1n) is 7.87. The summed E-state index contributed by atoms with van der Waals surface area (Å²) in [6, 6.07) is 3.95. The van der Waals surface area contributed by atoms with Crippen molar-refractivity contribution in [1.29, 1.82) is 0 Å². The third kappa shape index (κ3) is 4.59. The molecule has 0 bridgehead atoms. The van der Waals surface area contributed by atoms with Crippen molar-refractivity contribution in [1.82, 2.24) is 15.2 Å². The van der Waals surface area contributed by atoms with Gasteiger partial charge in [-0.2, -0.15) is 0 Å². The Morgan fingerprint density at radius 1 is 1.38 bits per heavy atom. The second-order valence-electron chi connectivity index (χ2n) is 5.42. The molecule has 0 radical (unpaired) electrons. The Hall–Kier alpha value is -2.43. The largest absolute Gasteiger partial charge is 0.472 e. The lowest BCUT2D eigenvalue weighted by atomic mass is 10.3. The Morgan fingerprint density at radius 2 is 2.19 bits per heavy atom. The molecule has 0 atom stereocenters. The zero-order valence-corrected chi connectivity index (χ0v) is 14.4. The quantitative estimate of drug-likeness (QED) is 0.336. The summed E-state index contributed by atoms with van der Waals surface area (Å²) in [4.78, 5) is 2.19. The molecule has 1 aliphatic rings. The van der Waals surface area contributed by atoms with E-state index in [9.17, 15) is 9.60 Å². The van der Waals surface area contributed by atoms with Crippen LogP contribution in [0.3, 0.4) is 0 Å². The number of aromatic nitrogens is 2. The number of halogens is 2. The molecule has 9 nitrogen and oxygen atoms in total. The van der Waals surface area contributed by atoms with Crippen molar-refractivity contribution in [3.63, 3.8) is 0 Å². The van der Waals surface area contributed by atoms with E-state index in [-0.39, 0.29) is 22.4 Å². The summed E-state index contributed by atoms with van der Waals surface area (Å²) in [5.41, 5.74) is 0.474. The van der Waals surface area contributed by atoms with Gasteiger partial charge in [0.2, 0.25) is 11.5 Å². The molecule has 0 unspecified atom stereocenters. The minimum atomic E-state index is -0.560. The van der Waals surface area contributed by atoms with Gasteiger partial charge in [0.05, 0.1) is 18.2 Å². The zero-order chi connectivity index (χ0) is 18.4. The molecule has 2 N–H and O–H groups in total. The second-order valence-corrected chi connectivity index (χ2v) is 5.83. The van der Waals surface area contributed by atoms with Crippen molar-refractivity contribution in [2.75, 3.05) is 44.8 Å². The van der Waals surface area contributed by atoms with E-state index in [0.29, 0.717) is 32.1 Å². The van der Waals surface area contributed by atoms with Crippen LogP contribution >= 0.6 is 11.6 Å². The monoisotopic (exact) mass is 385 g/mol. The van der Waals surface area contributed by atoms with E-state index >= 15 is 0 Å². The number of morpholine rings is 1. The summed E-state index contributed by atoms with van der Waals surface area (Å²) in [7, 11) is 0. The molecule has 0 amide bonds. The molecule has 1 saturated heterocycles. The number of rotatable bonds is 6. The number of hydrogen-bond acceptors (Lipinski definition) is 8. The third-order valence-electron chi connectivity index (χ3n) is 3.72. The van der Waals surface area contributed by atoms with Crippen molar-refractivity contribution < 1.29 is 23.7 Å². The van der Waals surface area contributed by atoms with Crippen LogP contribution in [0.15, 0.2) is 28.0 Å². The topological polar surface area (TPSA) is 105 Å². The molecule has 1 fully saturated rings. The van der Waals surface area contributed by atoms with Crippen LogP contribution in [-0.4, -0.2) is 65.7 Å². The standard InChI is InChI=1S/C15H17ClFN5O4/c16-11-9-10(1-2-12(11)17)18-14(19-23)13-15(21-26-20-13)25-8-5-22-3-6-24-7-4-22/h1-2,9,23H,3-8H2,(H,18,19). The Morgan fingerprint density at radius 3 is 2.92 bits per heavy atom. The number of ether oxygens (including phenoxy) is 2. The van der Waals surface area contributed by atoms with Crippen LogP contribution in [0.2, 0.25) is 5.02 Å². The highest BCUT2D eigenvalue weighted by molar-refractivity contribution is 6.31. The molecular formula is C15H17ClFN5O4. The molecule has 0 aliphatic carbocycles. The van der Waals surface area contributed by atoms with Crippen LogP contribution in [-0.2, 0) is 4.74 Å². The maximum atomic E-state index is 13.2. The van der Waals surface area contributed by atoms with E-state index in [0.717, 1.165) is 13.1 Å². The summed E-state index contributed by atoms with van der Waals surface area (Å²) in [5, 5.41) is 22.4.